The van der Waals surface area contributed by atoms with Crippen LogP contribution in [0.5, 0.6) is 0 Å². The van der Waals surface area contributed by atoms with Gasteiger partial charge in [0.05, 0.1) is 13.0 Å². The number of nitrogens with zero attached hydrogens (tertiary/aromatic N) is 1. The molecule has 106 valence electrons. The van der Waals surface area contributed by atoms with Gasteiger partial charge in [-0.05, 0) is 30.3 Å². The Morgan fingerprint density at radius 3 is 2.74 bits per heavy atom. The van der Waals surface area contributed by atoms with Crippen molar-refractivity contribution in [3.8, 4) is 0 Å². The van der Waals surface area contributed by atoms with Gasteiger partial charge in [0.1, 0.15) is 5.82 Å². The van der Waals surface area contributed by atoms with Gasteiger partial charge in [-0.2, -0.15) is 0 Å². The van der Waals surface area contributed by atoms with E-state index in [1.54, 1.807) is 13.0 Å². The van der Waals surface area contributed by atoms with Crippen molar-refractivity contribution in [1.29, 1.82) is 0 Å². The zero-order chi connectivity index (χ0) is 14.4. The molecular weight excluding hydrogens is 247 g/mol. The molecule has 0 aliphatic carbocycles. The first-order valence-electron chi connectivity index (χ1n) is 6.21. The molecule has 1 unspecified atom stereocenters. The van der Waals surface area contributed by atoms with Gasteiger partial charge in [-0.3, -0.25) is 4.79 Å². The van der Waals surface area contributed by atoms with Crippen LogP contribution >= 0.6 is 0 Å². The zero-order valence-electron chi connectivity index (χ0n) is 11.6. The van der Waals surface area contributed by atoms with Crippen LogP contribution in [0.15, 0.2) is 18.2 Å². The lowest BCUT2D eigenvalue weighted by Crippen LogP contribution is -2.29. The molecule has 0 heterocycles. The van der Waals surface area contributed by atoms with Crippen LogP contribution in [-0.2, 0) is 22.6 Å². The summed E-state index contributed by atoms with van der Waals surface area (Å²) in [4.78, 5) is 13.3. The topological polar surface area (TPSA) is 55.6 Å². The summed E-state index contributed by atoms with van der Waals surface area (Å²) >= 11 is 0. The first-order chi connectivity index (χ1) is 8.97. The summed E-state index contributed by atoms with van der Waals surface area (Å²) in [7, 11) is 3.25. The Kier molecular flexibility index (Phi) is 5.92. The first-order valence-corrected chi connectivity index (χ1v) is 6.21. The number of hydrogen-bond donors (Lipinski definition) is 1. The van der Waals surface area contributed by atoms with E-state index in [0.717, 1.165) is 11.1 Å². The third-order valence-corrected chi connectivity index (χ3v) is 3.02. The van der Waals surface area contributed by atoms with Crippen LogP contribution in [-0.4, -0.2) is 31.6 Å². The molecule has 4 nitrogen and oxygen atoms in total. The average Bonchev–Trinajstić information content (AvgIpc) is 2.37. The molecular formula is C14H21FN2O2. The molecule has 0 spiro atoms. The number of carbonyl (C=O) groups excluding carboxylic acids is 1. The van der Waals surface area contributed by atoms with Gasteiger partial charge in [-0.25, -0.2) is 4.39 Å². The lowest BCUT2D eigenvalue weighted by atomic mass is 10.1. The van der Waals surface area contributed by atoms with Crippen molar-refractivity contribution in [2.75, 3.05) is 20.7 Å². The van der Waals surface area contributed by atoms with Crippen LogP contribution in [0.2, 0.25) is 0 Å². The van der Waals surface area contributed by atoms with E-state index >= 15 is 0 Å². The van der Waals surface area contributed by atoms with Gasteiger partial charge in [-0.15, -0.1) is 0 Å². The molecule has 5 heteroatoms. The highest BCUT2D eigenvalue weighted by Gasteiger charge is 2.16. The molecule has 0 aromatic heterocycles. The molecule has 0 fully saturated rings. The Hall–Kier alpha value is -1.46. The molecule has 1 aromatic carbocycles. The average molecular weight is 268 g/mol. The molecule has 0 amide bonds. The predicted octanol–water partition coefficient (Wildman–Crippen LogP) is 1.53. The van der Waals surface area contributed by atoms with Gasteiger partial charge in [0.2, 0.25) is 0 Å². The molecule has 2 N–H and O–H groups in total. The van der Waals surface area contributed by atoms with Crippen molar-refractivity contribution in [2.45, 2.75) is 20.0 Å². The monoisotopic (exact) mass is 268 g/mol. The van der Waals surface area contributed by atoms with E-state index in [1.807, 2.05) is 11.9 Å². The smallest absolute Gasteiger partial charge is 0.309 e. The Labute approximate surface area is 113 Å². The van der Waals surface area contributed by atoms with Gasteiger partial charge < -0.3 is 15.4 Å². The number of nitrogens with two attached hydrogens (primary N) is 1. The van der Waals surface area contributed by atoms with E-state index in [4.69, 9.17) is 5.73 Å². The summed E-state index contributed by atoms with van der Waals surface area (Å²) in [5.41, 5.74) is 7.40. The lowest BCUT2D eigenvalue weighted by Gasteiger charge is -2.21. The maximum atomic E-state index is 13.2. The summed E-state index contributed by atoms with van der Waals surface area (Å²) in [5, 5.41) is 0. The number of rotatable bonds is 6. The van der Waals surface area contributed by atoms with Crippen LogP contribution in [0.25, 0.3) is 0 Å². The van der Waals surface area contributed by atoms with Crippen LogP contribution in [0.4, 0.5) is 4.39 Å². The molecule has 1 aromatic rings. The third kappa shape index (κ3) is 4.61. The van der Waals surface area contributed by atoms with E-state index in [2.05, 4.69) is 4.74 Å². The summed E-state index contributed by atoms with van der Waals surface area (Å²) < 4.78 is 17.9. The molecule has 0 aliphatic heterocycles. The molecule has 1 rings (SSSR count). The SMILES string of the molecule is COC(=O)C(C)CN(C)Cc1cc(F)ccc1CN. The van der Waals surface area contributed by atoms with Crippen LogP contribution < -0.4 is 5.73 Å². The number of methoxy groups -OCH3 is 1. The van der Waals surface area contributed by atoms with E-state index in [1.165, 1.54) is 19.2 Å². The molecule has 1 atom stereocenters. The molecule has 0 saturated heterocycles. The fraction of sp³-hybridized carbons (Fsp3) is 0.500. The Morgan fingerprint density at radius 2 is 2.16 bits per heavy atom. The third-order valence-electron chi connectivity index (χ3n) is 3.02. The fourth-order valence-electron chi connectivity index (χ4n) is 2.04. The first kappa shape index (κ1) is 15.6. The van der Waals surface area contributed by atoms with E-state index < -0.39 is 0 Å². The molecule has 0 radical (unpaired) electrons. The maximum absolute atomic E-state index is 13.2. The van der Waals surface area contributed by atoms with Gasteiger partial charge in [0, 0.05) is 19.6 Å². The quantitative estimate of drug-likeness (QED) is 0.795. The number of carbonyl (C=O) groups is 1. The zero-order valence-corrected chi connectivity index (χ0v) is 11.6. The second-order valence-corrected chi connectivity index (χ2v) is 4.74. The van der Waals surface area contributed by atoms with E-state index in [0.29, 0.717) is 19.6 Å². The standard InChI is InChI=1S/C14H21FN2O2/c1-10(14(18)19-3)8-17(2)9-12-6-13(15)5-4-11(12)7-16/h4-6,10H,7-9,16H2,1-3H3. The van der Waals surface area contributed by atoms with Crippen molar-refractivity contribution in [3.63, 3.8) is 0 Å². The molecule has 0 saturated carbocycles. The van der Waals surface area contributed by atoms with E-state index in [-0.39, 0.29) is 17.7 Å². The largest absolute Gasteiger partial charge is 0.469 e. The number of hydrogen-bond acceptors (Lipinski definition) is 4. The second-order valence-electron chi connectivity index (χ2n) is 4.74. The number of benzene rings is 1. The number of esters is 1. The summed E-state index contributed by atoms with van der Waals surface area (Å²) in [6, 6.07) is 4.59. The second kappa shape index (κ2) is 7.21. The van der Waals surface area contributed by atoms with Crippen molar-refractivity contribution >= 4 is 5.97 Å². The summed E-state index contributed by atoms with van der Waals surface area (Å²) in [6.45, 7) is 3.27. The van der Waals surface area contributed by atoms with Gasteiger partial charge in [0.15, 0.2) is 0 Å². The predicted molar refractivity (Wildman–Crippen MR) is 71.8 cm³/mol. The highest BCUT2D eigenvalue weighted by Crippen LogP contribution is 2.14. The van der Waals surface area contributed by atoms with Gasteiger partial charge in [0.25, 0.3) is 0 Å². The molecule has 0 aliphatic rings. The van der Waals surface area contributed by atoms with Crippen molar-refractivity contribution in [2.24, 2.45) is 11.7 Å². The maximum Gasteiger partial charge on any atom is 0.309 e. The minimum Gasteiger partial charge on any atom is -0.469 e. The minimum absolute atomic E-state index is 0.218. The number of halogens is 1. The minimum atomic E-state index is -0.276. The van der Waals surface area contributed by atoms with Crippen LogP contribution in [0.1, 0.15) is 18.1 Å². The highest BCUT2D eigenvalue weighted by atomic mass is 19.1. The fourth-order valence-corrected chi connectivity index (χ4v) is 2.04. The van der Waals surface area contributed by atoms with Crippen molar-refractivity contribution < 1.29 is 13.9 Å². The lowest BCUT2D eigenvalue weighted by molar-refractivity contribution is -0.145. The van der Waals surface area contributed by atoms with Crippen molar-refractivity contribution in [1.82, 2.24) is 4.90 Å². The van der Waals surface area contributed by atoms with Crippen LogP contribution in [0, 0.1) is 11.7 Å². The Morgan fingerprint density at radius 1 is 1.47 bits per heavy atom. The normalized spacial score (nSPS) is 12.5. The highest BCUT2D eigenvalue weighted by molar-refractivity contribution is 5.72. The number of ether oxygens (including phenoxy) is 1. The summed E-state index contributed by atoms with van der Waals surface area (Å²) in [5.74, 6) is -0.739. The summed E-state index contributed by atoms with van der Waals surface area (Å²) in [6.07, 6.45) is 0. The molecule has 0 bridgehead atoms. The van der Waals surface area contributed by atoms with Gasteiger partial charge >= 0.3 is 5.97 Å². The molecule has 19 heavy (non-hydrogen) atoms. The Bertz CT molecular complexity index is 437. The van der Waals surface area contributed by atoms with E-state index in [9.17, 15) is 9.18 Å². The Balaban J connectivity index is 2.68. The van der Waals surface area contributed by atoms with Crippen molar-refractivity contribution in [3.05, 3.63) is 35.1 Å². The van der Waals surface area contributed by atoms with Crippen LogP contribution in [0.3, 0.4) is 0 Å². The van der Waals surface area contributed by atoms with Gasteiger partial charge in [-0.1, -0.05) is 13.0 Å².